The van der Waals surface area contributed by atoms with E-state index in [0.29, 0.717) is 0 Å². The summed E-state index contributed by atoms with van der Waals surface area (Å²) in [6.45, 7) is 9.08. The summed E-state index contributed by atoms with van der Waals surface area (Å²) in [5, 5.41) is 6.84. The summed E-state index contributed by atoms with van der Waals surface area (Å²) in [5.74, 6) is 0.904. The molecule has 0 saturated carbocycles. The normalized spacial score (nSPS) is 11.8. The van der Waals surface area contributed by atoms with Crippen LogP contribution in [0.2, 0.25) is 0 Å². The van der Waals surface area contributed by atoms with Gasteiger partial charge >= 0.3 is 0 Å². The first kappa shape index (κ1) is 21.7. The quantitative estimate of drug-likeness (QED) is 0.292. The van der Waals surface area contributed by atoms with Gasteiger partial charge in [0, 0.05) is 43.7 Å². The summed E-state index contributed by atoms with van der Waals surface area (Å²) in [4.78, 5) is 6.46. The highest BCUT2D eigenvalue weighted by molar-refractivity contribution is 14.0. The first-order valence-electron chi connectivity index (χ1n) is 7.23. The van der Waals surface area contributed by atoms with Crippen LogP contribution in [0.25, 0.3) is 0 Å². The first-order valence-corrected chi connectivity index (χ1v) is 8.03. The lowest BCUT2D eigenvalue weighted by molar-refractivity contribution is 0.422. The molecular weight excluding hydrogens is 455 g/mol. The van der Waals surface area contributed by atoms with Gasteiger partial charge in [0.15, 0.2) is 5.96 Å². The molecule has 0 unspecified atom stereocenters. The SMILES string of the molecule is CN=C(NCCNC(C)(C)C)N(C)Cc1ccccc1Br.I. The van der Waals surface area contributed by atoms with Crippen LogP contribution in [-0.4, -0.2) is 43.6 Å². The maximum atomic E-state index is 4.34. The molecule has 2 N–H and O–H groups in total. The van der Waals surface area contributed by atoms with Gasteiger partial charge in [0.1, 0.15) is 0 Å². The predicted octanol–water partition coefficient (Wildman–Crippen LogP) is 3.46. The van der Waals surface area contributed by atoms with Gasteiger partial charge in [0.05, 0.1) is 0 Å². The van der Waals surface area contributed by atoms with E-state index in [1.165, 1.54) is 5.56 Å². The summed E-state index contributed by atoms with van der Waals surface area (Å²) in [7, 11) is 3.86. The molecule has 4 nitrogen and oxygen atoms in total. The van der Waals surface area contributed by atoms with Gasteiger partial charge in [-0.15, -0.1) is 24.0 Å². The highest BCUT2D eigenvalue weighted by Gasteiger charge is 2.10. The minimum atomic E-state index is 0. The van der Waals surface area contributed by atoms with Crippen molar-refractivity contribution in [2.75, 3.05) is 27.2 Å². The second-order valence-corrected chi connectivity index (χ2v) is 6.95. The molecule has 0 aliphatic rings. The second kappa shape index (κ2) is 10.4. The zero-order chi connectivity index (χ0) is 15.9. The Balaban J connectivity index is 0.00000441. The average Bonchev–Trinajstić information content (AvgIpc) is 2.40. The van der Waals surface area contributed by atoms with E-state index in [1.807, 2.05) is 20.2 Å². The standard InChI is InChI=1S/C16H27BrN4.HI/c1-16(2,3)20-11-10-19-15(18-4)21(5)12-13-8-6-7-9-14(13)17;/h6-9,20H,10-12H2,1-5H3,(H,18,19);1H. The van der Waals surface area contributed by atoms with Gasteiger partial charge in [-0.1, -0.05) is 34.1 Å². The highest BCUT2D eigenvalue weighted by Crippen LogP contribution is 2.17. The van der Waals surface area contributed by atoms with Gasteiger partial charge in [0.25, 0.3) is 0 Å². The lowest BCUT2D eigenvalue weighted by Crippen LogP contribution is -2.44. The number of nitrogens with zero attached hydrogens (tertiary/aromatic N) is 2. The molecule has 0 fully saturated rings. The summed E-state index contributed by atoms with van der Waals surface area (Å²) in [6.07, 6.45) is 0. The molecule has 1 aromatic carbocycles. The third-order valence-corrected chi connectivity index (χ3v) is 3.78. The van der Waals surface area contributed by atoms with Crippen LogP contribution in [0.1, 0.15) is 26.3 Å². The topological polar surface area (TPSA) is 39.7 Å². The van der Waals surface area contributed by atoms with Gasteiger partial charge in [-0.05, 0) is 32.4 Å². The minimum absolute atomic E-state index is 0. The molecule has 0 aliphatic heterocycles. The molecule has 0 saturated heterocycles. The Kier molecular flexibility index (Phi) is 10.3. The molecule has 0 radical (unpaired) electrons. The number of nitrogens with one attached hydrogen (secondary N) is 2. The number of hydrogen-bond donors (Lipinski definition) is 2. The largest absolute Gasteiger partial charge is 0.355 e. The fraction of sp³-hybridized carbons (Fsp3) is 0.562. The highest BCUT2D eigenvalue weighted by atomic mass is 127. The van der Waals surface area contributed by atoms with Gasteiger partial charge in [-0.2, -0.15) is 0 Å². The first-order chi connectivity index (χ1) is 9.83. The van der Waals surface area contributed by atoms with Crippen molar-refractivity contribution >= 4 is 45.9 Å². The molecule has 0 heterocycles. The predicted molar refractivity (Wildman–Crippen MR) is 110 cm³/mol. The van der Waals surface area contributed by atoms with Gasteiger partial charge in [-0.25, -0.2) is 0 Å². The lowest BCUT2D eigenvalue weighted by Gasteiger charge is -2.24. The van der Waals surface area contributed by atoms with E-state index in [4.69, 9.17) is 0 Å². The number of halogens is 2. The Morgan fingerprint density at radius 1 is 1.23 bits per heavy atom. The zero-order valence-electron chi connectivity index (χ0n) is 14.1. The Labute approximate surface area is 160 Å². The van der Waals surface area contributed by atoms with Crippen molar-refractivity contribution in [3.63, 3.8) is 0 Å². The number of hydrogen-bond acceptors (Lipinski definition) is 2. The van der Waals surface area contributed by atoms with Crippen LogP contribution in [0.15, 0.2) is 33.7 Å². The monoisotopic (exact) mass is 482 g/mol. The summed E-state index contributed by atoms with van der Waals surface area (Å²) in [6, 6.07) is 8.26. The molecule has 0 bridgehead atoms. The third-order valence-electron chi connectivity index (χ3n) is 3.00. The lowest BCUT2D eigenvalue weighted by atomic mass is 10.1. The van der Waals surface area contributed by atoms with Gasteiger partial charge in [-0.3, -0.25) is 4.99 Å². The van der Waals surface area contributed by atoms with Crippen molar-refractivity contribution in [3.05, 3.63) is 34.3 Å². The number of aliphatic imine (C=N–C) groups is 1. The minimum Gasteiger partial charge on any atom is -0.355 e. The molecule has 0 amide bonds. The number of benzene rings is 1. The second-order valence-electron chi connectivity index (χ2n) is 6.10. The smallest absolute Gasteiger partial charge is 0.193 e. The van der Waals surface area contributed by atoms with Crippen molar-refractivity contribution in [3.8, 4) is 0 Å². The maximum absolute atomic E-state index is 4.34. The third kappa shape index (κ3) is 8.33. The van der Waals surface area contributed by atoms with Crippen molar-refractivity contribution in [1.82, 2.24) is 15.5 Å². The van der Waals surface area contributed by atoms with Crippen molar-refractivity contribution in [1.29, 1.82) is 0 Å². The van der Waals surface area contributed by atoms with Crippen LogP contribution >= 0.6 is 39.9 Å². The number of guanidine groups is 1. The van der Waals surface area contributed by atoms with Crippen LogP contribution in [0, 0.1) is 0 Å². The van der Waals surface area contributed by atoms with Crippen molar-refractivity contribution in [2.45, 2.75) is 32.9 Å². The summed E-state index contributed by atoms with van der Waals surface area (Å²) < 4.78 is 1.13. The molecular formula is C16H28BrIN4. The molecule has 126 valence electrons. The van der Waals surface area contributed by atoms with E-state index in [1.54, 1.807) is 0 Å². The number of rotatable bonds is 5. The molecule has 6 heteroatoms. The van der Waals surface area contributed by atoms with Crippen molar-refractivity contribution in [2.24, 2.45) is 4.99 Å². The van der Waals surface area contributed by atoms with Crippen LogP contribution in [0.4, 0.5) is 0 Å². The average molecular weight is 483 g/mol. The Bertz CT molecular complexity index is 471. The van der Waals surface area contributed by atoms with E-state index in [0.717, 1.165) is 30.1 Å². The van der Waals surface area contributed by atoms with E-state index in [-0.39, 0.29) is 29.5 Å². The zero-order valence-corrected chi connectivity index (χ0v) is 18.0. The summed E-state index contributed by atoms with van der Waals surface area (Å²) >= 11 is 3.58. The Morgan fingerprint density at radius 3 is 2.41 bits per heavy atom. The van der Waals surface area contributed by atoms with E-state index >= 15 is 0 Å². The van der Waals surface area contributed by atoms with Gasteiger partial charge in [0.2, 0.25) is 0 Å². The van der Waals surface area contributed by atoms with E-state index in [2.05, 4.69) is 75.4 Å². The van der Waals surface area contributed by atoms with Crippen LogP contribution in [-0.2, 0) is 6.54 Å². The Hall–Kier alpha value is -0.340. The Morgan fingerprint density at radius 2 is 1.86 bits per heavy atom. The molecule has 1 rings (SSSR count). The molecule has 0 atom stereocenters. The van der Waals surface area contributed by atoms with E-state index < -0.39 is 0 Å². The summed E-state index contributed by atoms with van der Waals surface area (Å²) in [5.41, 5.74) is 1.39. The molecule has 22 heavy (non-hydrogen) atoms. The fourth-order valence-corrected chi connectivity index (χ4v) is 2.36. The maximum Gasteiger partial charge on any atom is 0.193 e. The van der Waals surface area contributed by atoms with Crippen LogP contribution < -0.4 is 10.6 Å². The van der Waals surface area contributed by atoms with Crippen LogP contribution in [0.5, 0.6) is 0 Å². The molecule has 0 spiro atoms. The molecule has 1 aromatic rings. The van der Waals surface area contributed by atoms with E-state index in [9.17, 15) is 0 Å². The van der Waals surface area contributed by atoms with Gasteiger partial charge < -0.3 is 15.5 Å². The molecule has 0 aliphatic carbocycles. The van der Waals surface area contributed by atoms with Crippen LogP contribution in [0.3, 0.4) is 0 Å². The van der Waals surface area contributed by atoms with Crippen molar-refractivity contribution < 1.29 is 0 Å². The fourth-order valence-electron chi connectivity index (χ4n) is 1.95. The molecule has 0 aromatic heterocycles.